The van der Waals surface area contributed by atoms with E-state index in [0.29, 0.717) is 12.5 Å². The quantitative estimate of drug-likeness (QED) is 0.588. The normalized spacial score (nSPS) is 15.3. The molecule has 0 aromatic carbocycles. The first-order valence-corrected chi connectivity index (χ1v) is 7.76. The molecule has 0 aliphatic rings. The number of aromatic nitrogens is 2. The maximum Gasteiger partial charge on any atom is 0.0710 e. The topological polar surface area (TPSA) is 65.1 Å². The first-order chi connectivity index (χ1) is 9.31. The number of hydrogen-bond acceptors (Lipinski definition) is 4. The van der Waals surface area contributed by atoms with Gasteiger partial charge >= 0.3 is 0 Å². The molecular formula is C14H27BrN4O. The molecule has 2 unspecified atom stereocenters. The fraction of sp³-hybridized carbons (Fsp3) is 0.786. The highest BCUT2D eigenvalue weighted by Crippen LogP contribution is 2.35. The summed E-state index contributed by atoms with van der Waals surface area (Å²) >= 11 is 3.57. The van der Waals surface area contributed by atoms with Gasteiger partial charge in [0.05, 0.1) is 35.6 Å². The lowest BCUT2D eigenvalue weighted by molar-refractivity contribution is 0.179. The largest absolute Gasteiger partial charge is 0.383 e. The Hall–Kier alpha value is -0.430. The molecule has 1 rings (SSSR count). The van der Waals surface area contributed by atoms with Crippen molar-refractivity contribution >= 4 is 15.9 Å². The molecule has 0 saturated carbocycles. The molecule has 0 spiro atoms. The van der Waals surface area contributed by atoms with Crippen molar-refractivity contribution in [2.24, 2.45) is 17.2 Å². The van der Waals surface area contributed by atoms with Gasteiger partial charge in [-0.25, -0.2) is 0 Å². The second kappa shape index (κ2) is 7.54. The number of nitrogens with zero attached hydrogens (tertiary/aromatic N) is 2. The van der Waals surface area contributed by atoms with Crippen LogP contribution in [0.5, 0.6) is 0 Å². The average molecular weight is 347 g/mol. The molecule has 3 N–H and O–H groups in total. The monoisotopic (exact) mass is 346 g/mol. The van der Waals surface area contributed by atoms with Gasteiger partial charge in [0.25, 0.3) is 0 Å². The van der Waals surface area contributed by atoms with Crippen LogP contribution < -0.4 is 11.3 Å². The lowest BCUT2D eigenvalue weighted by Gasteiger charge is -2.31. The van der Waals surface area contributed by atoms with Crippen LogP contribution in [-0.2, 0) is 11.3 Å². The van der Waals surface area contributed by atoms with E-state index >= 15 is 0 Å². The summed E-state index contributed by atoms with van der Waals surface area (Å²) in [5.74, 6) is 6.31. The summed E-state index contributed by atoms with van der Waals surface area (Å²) in [6.07, 6.45) is 2.77. The molecule has 0 aliphatic heterocycles. The summed E-state index contributed by atoms with van der Waals surface area (Å²) in [4.78, 5) is 0. The van der Waals surface area contributed by atoms with Crippen molar-refractivity contribution in [3.05, 3.63) is 16.4 Å². The smallest absolute Gasteiger partial charge is 0.0710 e. The Kier molecular flexibility index (Phi) is 6.64. The number of hydrazine groups is 1. The zero-order chi connectivity index (χ0) is 15.3. The molecule has 0 radical (unpaired) electrons. The van der Waals surface area contributed by atoms with Crippen LogP contribution in [0.4, 0.5) is 0 Å². The van der Waals surface area contributed by atoms with Crippen LogP contribution in [0.1, 0.15) is 45.9 Å². The molecule has 0 amide bonds. The molecule has 5 nitrogen and oxygen atoms in total. The first kappa shape index (κ1) is 17.6. The van der Waals surface area contributed by atoms with Crippen molar-refractivity contribution in [2.45, 2.75) is 46.7 Å². The molecule has 1 aromatic rings. The zero-order valence-corrected chi connectivity index (χ0v) is 14.7. The minimum absolute atomic E-state index is 0.0676. The summed E-state index contributed by atoms with van der Waals surface area (Å²) in [6.45, 7) is 10.4. The summed E-state index contributed by atoms with van der Waals surface area (Å²) in [7, 11) is 1.69. The Morgan fingerprint density at radius 1 is 1.50 bits per heavy atom. The third-order valence-corrected chi connectivity index (χ3v) is 4.55. The van der Waals surface area contributed by atoms with E-state index in [1.165, 1.54) is 0 Å². The van der Waals surface area contributed by atoms with E-state index in [2.05, 4.69) is 54.1 Å². The lowest BCUT2D eigenvalue weighted by atomic mass is 9.78. The predicted octanol–water partition coefficient (Wildman–Crippen LogP) is 2.87. The van der Waals surface area contributed by atoms with E-state index in [0.717, 1.165) is 23.1 Å². The molecule has 20 heavy (non-hydrogen) atoms. The van der Waals surface area contributed by atoms with Gasteiger partial charge in [-0.15, -0.1) is 0 Å². The van der Waals surface area contributed by atoms with Crippen molar-refractivity contribution in [2.75, 3.05) is 13.7 Å². The Balaban J connectivity index is 2.91. The summed E-state index contributed by atoms with van der Waals surface area (Å²) < 4.78 is 8.07. The number of ether oxygens (including phenoxy) is 1. The highest BCUT2D eigenvalue weighted by molar-refractivity contribution is 9.10. The minimum atomic E-state index is 0.0676. The van der Waals surface area contributed by atoms with Gasteiger partial charge in [-0.3, -0.25) is 16.0 Å². The van der Waals surface area contributed by atoms with Crippen molar-refractivity contribution in [1.29, 1.82) is 0 Å². The third kappa shape index (κ3) is 4.55. The van der Waals surface area contributed by atoms with E-state index in [1.807, 2.05) is 10.9 Å². The zero-order valence-electron chi connectivity index (χ0n) is 13.1. The predicted molar refractivity (Wildman–Crippen MR) is 85.1 cm³/mol. The number of nitrogens with one attached hydrogen (secondary N) is 1. The van der Waals surface area contributed by atoms with E-state index in [-0.39, 0.29) is 11.5 Å². The Labute approximate surface area is 130 Å². The van der Waals surface area contributed by atoms with Crippen molar-refractivity contribution in [1.82, 2.24) is 15.2 Å². The molecule has 2 atom stereocenters. The number of halogens is 1. The summed E-state index contributed by atoms with van der Waals surface area (Å²) in [5.41, 5.74) is 4.27. The third-order valence-electron chi connectivity index (χ3n) is 3.94. The second-order valence-electron chi connectivity index (χ2n) is 6.32. The van der Waals surface area contributed by atoms with Gasteiger partial charge in [0.1, 0.15) is 0 Å². The molecular weight excluding hydrogens is 320 g/mol. The van der Waals surface area contributed by atoms with Gasteiger partial charge in [0, 0.05) is 7.11 Å². The SMILES string of the molecule is COCCn1ncc(Br)c1C(CC(C)C(C)(C)C)NN. The van der Waals surface area contributed by atoms with E-state index in [1.54, 1.807) is 7.11 Å². The van der Waals surface area contributed by atoms with Gasteiger partial charge < -0.3 is 4.74 Å². The molecule has 0 aliphatic carbocycles. The highest BCUT2D eigenvalue weighted by atomic mass is 79.9. The number of hydrogen-bond donors (Lipinski definition) is 2. The van der Waals surface area contributed by atoms with Crippen LogP contribution in [0.3, 0.4) is 0 Å². The van der Waals surface area contributed by atoms with Gasteiger partial charge in [-0.2, -0.15) is 5.10 Å². The van der Waals surface area contributed by atoms with Crippen LogP contribution in [0.15, 0.2) is 10.7 Å². The van der Waals surface area contributed by atoms with Gasteiger partial charge in [-0.1, -0.05) is 27.7 Å². The maximum absolute atomic E-state index is 5.78. The minimum Gasteiger partial charge on any atom is -0.383 e. The number of methoxy groups -OCH3 is 1. The van der Waals surface area contributed by atoms with Crippen LogP contribution >= 0.6 is 15.9 Å². The van der Waals surface area contributed by atoms with Crippen LogP contribution in [0.25, 0.3) is 0 Å². The molecule has 0 fully saturated rings. The molecule has 6 heteroatoms. The van der Waals surface area contributed by atoms with E-state index < -0.39 is 0 Å². The molecule has 116 valence electrons. The van der Waals surface area contributed by atoms with Gasteiger partial charge in [-0.05, 0) is 33.7 Å². The Morgan fingerprint density at radius 3 is 2.65 bits per heavy atom. The standard InChI is InChI=1S/C14H27BrN4O/c1-10(14(2,3)4)8-12(18-16)13-11(15)9-17-19(13)6-7-20-5/h9-10,12,18H,6-8,16H2,1-5H3. The Morgan fingerprint density at radius 2 is 2.15 bits per heavy atom. The molecule has 0 saturated heterocycles. The van der Waals surface area contributed by atoms with Gasteiger partial charge in [0.15, 0.2) is 0 Å². The van der Waals surface area contributed by atoms with Crippen LogP contribution in [-0.4, -0.2) is 23.5 Å². The lowest BCUT2D eigenvalue weighted by Crippen LogP contribution is -2.33. The maximum atomic E-state index is 5.78. The summed E-state index contributed by atoms with van der Waals surface area (Å²) in [5, 5.41) is 4.39. The molecule has 1 heterocycles. The van der Waals surface area contributed by atoms with Crippen molar-refractivity contribution < 1.29 is 4.74 Å². The fourth-order valence-electron chi connectivity index (χ4n) is 2.04. The number of rotatable bonds is 7. The van der Waals surface area contributed by atoms with Crippen LogP contribution in [0, 0.1) is 11.3 Å². The second-order valence-corrected chi connectivity index (χ2v) is 7.17. The number of nitrogens with two attached hydrogens (primary N) is 1. The van der Waals surface area contributed by atoms with Crippen LogP contribution in [0.2, 0.25) is 0 Å². The Bertz CT molecular complexity index is 414. The van der Waals surface area contributed by atoms with Gasteiger partial charge in [0.2, 0.25) is 0 Å². The highest BCUT2D eigenvalue weighted by Gasteiger charge is 2.27. The van der Waals surface area contributed by atoms with Crippen molar-refractivity contribution in [3.8, 4) is 0 Å². The molecule has 1 aromatic heterocycles. The molecule has 0 bridgehead atoms. The fourth-order valence-corrected chi connectivity index (χ4v) is 2.61. The van der Waals surface area contributed by atoms with E-state index in [4.69, 9.17) is 10.6 Å². The first-order valence-electron chi connectivity index (χ1n) is 6.97. The van der Waals surface area contributed by atoms with E-state index in [9.17, 15) is 0 Å². The van der Waals surface area contributed by atoms with Crippen molar-refractivity contribution in [3.63, 3.8) is 0 Å². The summed E-state index contributed by atoms with van der Waals surface area (Å²) in [6, 6.07) is 0.0676. The average Bonchev–Trinajstić information content (AvgIpc) is 2.73.